The van der Waals surface area contributed by atoms with Crippen LogP contribution in [0.4, 0.5) is 0 Å². The van der Waals surface area contributed by atoms with Gasteiger partial charge >= 0.3 is 0 Å². The van der Waals surface area contributed by atoms with Crippen LogP contribution in [0.15, 0.2) is 370 Å². The minimum absolute atomic E-state index is 0.555. The maximum Gasteiger partial charge on any atom is 0.199 e. The van der Waals surface area contributed by atoms with E-state index >= 15 is 0 Å². The number of pyridine rings is 5. The van der Waals surface area contributed by atoms with Gasteiger partial charge in [-0.2, -0.15) is 0 Å². The Balaban J connectivity index is 0.0000000866. The average Bonchev–Trinajstić information content (AvgIpc) is 1.34. The van der Waals surface area contributed by atoms with Gasteiger partial charge in [-0.05, 0) is 150 Å². The molecule has 11 heteroatoms. The normalized spacial score (nSPS) is 12.1. The Bertz CT molecular complexity index is 8090. The van der Waals surface area contributed by atoms with Gasteiger partial charge in [0.25, 0.3) is 0 Å². The average molecular weight is 1480 g/mol. The third kappa shape index (κ3) is 9.51. The van der Waals surface area contributed by atoms with Crippen LogP contribution in [0.2, 0.25) is 0 Å². The summed E-state index contributed by atoms with van der Waals surface area (Å²) in [4.78, 5) is 33.8. The van der Waals surface area contributed by atoms with Gasteiger partial charge in [0.05, 0.1) is 66.2 Å². The van der Waals surface area contributed by atoms with Gasteiger partial charge in [-0.15, -0.1) is 0 Å². The predicted molar refractivity (Wildman–Crippen MR) is 484 cm³/mol. The first-order valence-electron chi connectivity index (χ1n) is 39.3. The Morgan fingerprint density at radius 3 is 0.966 bits per heavy atom. The zero-order valence-corrected chi connectivity index (χ0v) is 62.1. The number of rotatable bonds is 0. The Labute approximate surface area is 658 Å². The summed E-state index contributed by atoms with van der Waals surface area (Å²) in [6.45, 7) is 0. The van der Waals surface area contributed by atoms with Crippen molar-refractivity contribution in [1.29, 1.82) is 0 Å². The molecule has 0 aliphatic heterocycles. The van der Waals surface area contributed by atoms with Crippen LogP contribution in [0.3, 0.4) is 0 Å². The Morgan fingerprint density at radius 1 is 0.164 bits per heavy atom. The highest BCUT2D eigenvalue weighted by molar-refractivity contribution is 6.29. The Morgan fingerprint density at radius 2 is 0.474 bits per heavy atom. The van der Waals surface area contributed by atoms with Crippen molar-refractivity contribution < 1.29 is 0 Å². The molecular weight excluding hydrogens is 1420 g/mol. The van der Waals surface area contributed by atoms with Gasteiger partial charge in [-0.3, -0.25) is 13.2 Å². The summed E-state index contributed by atoms with van der Waals surface area (Å²) in [6, 6.07) is 128. The quantitative estimate of drug-likeness (QED) is 0.110. The third-order valence-electron chi connectivity index (χ3n) is 24.0. The van der Waals surface area contributed by atoms with Crippen LogP contribution in [-0.2, 0) is 0 Å². The molecule has 0 aliphatic carbocycles. The van der Waals surface area contributed by atoms with Crippen molar-refractivity contribution in [3.63, 3.8) is 0 Å². The Hall–Kier alpha value is -15.9. The molecule has 0 aliphatic rings. The molecule has 12 heterocycles. The second kappa shape index (κ2) is 24.8. The van der Waals surface area contributed by atoms with E-state index in [4.69, 9.17) is 24.9 Å². The molecule has 0 unspecified atom stereocenters. The molecule has 0 spiro atoms. The maximum absolute atomic E-state index is 5.12. The summed E-state index contributed by atoms with van der Waals surface area (Å²) < 4.78 is 9.27. The van der Waals surface area contributed by atoms with Gasteiger partial charge in [0.2, 0.25) is 0 Å². The highest BCUT2D eigenvalue weighted by atomic mass is 15.1. The standard InChI is InChI=1S/C28H17N.C27H16N2.C26H15N3.C24H13N5/c1-2-9-20-16-26-24(15-19(20)8-1)23-14-13-18-7-3-5-11-22(18)28(23)27-17-21-10-4-6-12-25(21)29(26)27;1-4-10-20-17(7-1)13-14-21-22-15-18-8-2-5-11-23(18)28-27(22)29-24-12-6-3-9-19(24)16-25(29)26(20)21;1-3-9-18-16(7-1)13-14-19-24(18)23-15-17-8-2-6-12-22(17)29(23)26-25(19)27-20-10-4-5-11-21(20)28-26;1-3-7-16-14(5-1)9-10-17-20(16)19-13-15-6-2-4-8-18(15)29(19)24-21(17)27-22-23(28-24)26-12-11-25-22/h1-17H;1-16H;1-15H;1-13H. The molecule has 0 saturated heterocycles. The second-order valence-electron chi connectivity index (χ2n) is 30.3. The van der Waals surface area contributed by atoms with Gasteiger partial charge in [0, 0.05) is 82.4 Å². The molecule has 0 bridgehead atoms. The maximum atomic E-state index is 5.12. The molecule has 0 atom stereocenters. The number of para-hydroxylation sites is 7. The van der Waals surface area contributed by atoms with Crippen LogP contribution in [-0.4, -0.2) is 52.5 Å². The monoisotopic (exact) mass is 1480 g/mol. The van der Waals surface area contributed by atoms with E-state index in [1.165, 1.54) is 157 Å². The van der Waals surface area contributed by atoms with Crippen LogP contribution in [0.1, 0.15) is 0 Å². The fourth-order valence-electron chi connectivity index (χ4n) is 18.9. The summed E-state index contributed by atoms with van der Waals surface area (Å²) in [5.74, 6) is 0. The number of hydrogen-bond donors (Lipinski definition) is 0. The number of hydrogen-bond acceptors (Lipinski definition) is 7. The molecule has 0 amide bonds. The lowest BCUT2D eigenvalue weighted by Crippen LogP contribution is -1.99. The molecule has 28 aromatic rings. The van der Waals surface area contributed by atoms with E-state index in [1.54, 1.807) is 12.4 Å². The highest BCUT2D eigenvalue weighted by Crippen LogP contribution is 2.44. The lowest BCUT2D eigenvalue weighted by molar-refractivity contribution is 1.17. The van der Waals surface area contributed by atoms with Crippen molar-refractivity contribution in [2.24, 2.45) is 0 Å². The molecule has 0 saturated carbocycles. The highest BCUT2D eigenvalue weighted by Gasteiger charge is 2.23. The van der Waals surface area contributed by atoms with E-state index < -0.39 is 0 Å². The van der Waals surface area contributed by atoms with E-state index in [2.05, 4.69) is 361 Å². The van der Waals surface area contributed by atoms with Gasteiger partial charge in [-0.1, -0.05) is 273 Å². The first-order chi connectivity index (χ1) is 57.5. The van der Waals surface area contributed by atoms with Crippen LogP contribution in [0.5, 0.6) is 0 Å². The Kier molecular flexibility index (Phi) is 13.7. The van der Waals surface area contributed by atoms with E-state index in [-0.39, 0.29) is 0 Å². The minimum Gasteiger partial charge on any atom is -0.309 e. The van der Waals surface area contributed by atoms with Crippen molar-refractivity contribution in [3.8, 4) is 0 Å². The fraction of sp³-hybridized carbons (Fsp3) is 0. The third-order valence-corrected chi connectivity index (χ3v) is 24.0. The van der Waals surface area contributed by atoms with Gasteiger partial charge in [0.1, 0.15) is 16.7 Å². The molecule has 0 fully saturated rings. The topological polar surface area (TPSA) is 108 Å². The summed E-state index contributed by atoms with van der Waals surface area (Å²) in [5.41, 5.74) is 19.3. The van der Waals surface area contributed by atoms with Crippen molar-refractivity contribution in [1.82, 2.24) is 52.5 Å². The number of nitrogens with zero attached hydrogens (tertiary/aromatic N) is 11. The van der Waals surface area contributed by atoms with Crippen molar-refractivity contribution in [2.45, 2.75) is 0 Å². The number of aromatic nitrogens is 11. The molecule has 16 aromatic carbocycles. The van der Waals surface area contributed by atoms with E-state index in [0.29, 0.717) is 11.3 Å². The van der Waals surface area contributed by atoms with Crippen molar-refractivity contribution >= 4 is 240 Å². The molecule has 536 valence electrons. The van der Waals surface area contributed by atoms with Crippen LogP contribution in [0, 0.1) is 0 Å². The van der Waals surface area contributed by atoms with Gasteiger partial charge in [-0.25, -0.2) is 34.9 Å². The molecule has 0 N–H and O–H groups in total. The predicted octanol–water partition coefficient (Wildman–Crippen LogP) is 26.6. The van der Waals surface area contributed by atoms with Crippen molar-refractivity contribution in [3.05, 3.63) is 370 Å². The summed E-state index contributed by atoms with van der Waals surface area (Å²) in [6.07, 6.45) is 3.31. The summed E-state index contributed by atoms with van der Waals surface area (Å²) >= 11 is 0. The molecule has 28 rings (SSSR count). The SMILES string of the molecule is c1ccc2c(c1)ccc1c3nc4ccccc4nc3n3c4ccccc4cc3c21.c1ccc2c(c1)ccc1c3nc4nccnc4nc3n3c4ccccc4cc3c21.c1ccc2cc3c(cc2c1)c1ccc2ccccc2c1c1cc2ccccc2n31.c1ccc2nc3c(cc2c1)c1ccc2ccccc2c1c1cc2ccccc2n13. The fourth-order valence-corrected chi connectivity index (χ4v) is 18.9. The van der Waals surface area contributed by atoms with Crippen molar-refractivity contribution in [2.75, 3.05) is 0 Å². The zero-order chi connectivity index (χ0) is 75.8. The van der Waals surface area contributed by atoms with Crippen LogP contribution < -0.4 is 0 Å². The van der Waals surface area contributed by atoms with Gasteiger partial charge in [0.15, 0.2) is 22.6 Å². The summed E-state index contributed by atoms with van der Waals surface area (Å²) in [7, 11) is 0. The largest absolute Gasteiger partial charge is 0.309 e. The molecule has 0 radical (unpaired) electrons. The first kappa shape index (κ1) is 63.9. The van der Waals surface area contributed by atoms with E-state index in [9.17, 15) is 0 Å². The molecule has 12 aromatic heterocycles. The first-order valence-corrected chi connectivity index (χ1v) is 39.3. The molecular formula is C105H61N11. The van der Waals surface area contributed by atoms with Gasteiger partial charge < -0.3 is 4.40 Å². The lowest BCUT2D eigenvalue weighted by Gasteiger charge is -2.13. The molecule has 116 heavy (non-hydrogen) atoms. The zero-order valence-electron chi connectivity index (χ0n) is 62.1. The number of benzene rings is 16. The smallest absolute Gasteiger partial charge is 0.199 e. The van der Waals surface area contributed by atoms with Crippen LogP contribution >= 0.6 is 0 Å². The molecule has 11 nitrogen and oxygen atoms in total. The minimum atomic E-state index is 0.555. The lowest BCUT2D eigenvalue weighted by atomic mass is 9.97. The summed E-state index contributed by atoms with van der Waals surface area (Å²) in [5, 5.41) is 31.0. The number of fused-ring (bicyclic) bond motifs is 44. The second-order valence-corrected chi connectivity index (χ2v) is 30.3. The van der Waals surface area contributed by atoms with E-state index in [1.807, 2.05) is 24.3 Å². The van der Waals surface area contributed by atoms with E-state index in [0.717, 1.165) is 71.8 Å². The van der Waals surface area contributed by atoms with Crippen LogP contribution in [0.25, 0.3) is 240 Å².